The Balaban J connectivity index is 2.01. The van der Waals surface area contributed by atoms with Gasteiger partial charge in [-0.15, -0.1) is 0 Å². The molecule has 1 aromatic carbocycles. The van der Waals surface area contributed by atoms with Gasteiger partial charge in [0.15, 0.2) is 6.61 Å². The lowest BCUT2D eigenvalue weighted by molar-refractivity contribution is -0.131. The second-order valence-electron chi connectivity index (χ2n) is 6.48. The summed E-state index contributed by atoms with van der Waals surface area (Å²) >= 11 is 0. The predicted molar refractivity (Wildman–Crippen MR) is 95.4 cm³/mol. The molecule has 1 aromatic rings. The van der Waals surface area contributed by atoms with E-state index in [4.69, 9.17) is 9.47 Å². The van der Waals surface area contributed by atoms with Crippen molar-refractivity contribution in [2.24, 2.45) is 0 Å². The van der Waals surface area contributed by atoms with Gasteiger partial charge in [-0.3, -0.25) is 9.59 Å². The standard InChI is InChI=1S/C19H28N2O4/c1-4-16(20-18(22)12-14-8-7-11-24-14)15-9-5-6-10-17(15)25-13-19(23)21(2)3/h5-6,9-10,14,16H,4,7-8,11-13H2,1-3H3,(H,20,22)/t14-,16-/m0/s1. The maximum Gasteiger partial charge on any atom is 0.259 e. The fraction of sp³-hybridized carbons (Fsp3) is 0.579. The number of carbonyl (C=O) groups is 2. The van der Waals surface area contributed by atoms with Crippen molar-refractivity contribution >= 4 is 11.8 Å². The van der Waals surface area contributed by atoms with E-state index in [1.807, 2.05) is 31.2 Å². The Labute approximate surface area is 149 Å². The van der Waals surface area contributed by atoms with Crippen LogP contribution in [0.15, 0.2) is 24.3 Å². The molecule has 1 N–H and O–H groups in total. The molecule has 25 heavy (non-hydrogen) atoms. The zero-order valence-electron chi connectivity index (χ0n) is 15.3. The van der Waals surface area contributed by atoms with Gasteiger partial charge in [0.2, 0.25) is 5.91 Å². The highest BCUT2D eigenvalue weighted by atomic mass is 16.5. The number of nitrogens with zero attached hydrogens (tertiary/aromatic N) is 1. The molecule has 1 aliphatic rings. The Morgan fingerprint density at radius 1 is 1.36 bits per heavy atom. The van der Waals surface area contributed by atoms with E-state index in [0.29, 0.717) is 12.2 Å². The predicted octanol–water partition coefficient (Wildman–Crippen LogP) is 2.29. The van der Waals surface area contributed by atoms with Gasteiger partial charge in [-0.1, -0.05) is 25.1 Å². The van der Waals surface area contributed by atoms with Crippen LogP contribution in [0.2, 0.25) is 0 Å². The molecule has 0 aromatic heterocycles. The zero-order chi connectivity index (χ0) is 18.2. The average Bonchev–Trinajstić information content (AvgIpc) is 3.10. The number of hydrogen-bond donors (Lipinski definition) is 1. The van der Waals surface area contributed by atoms with Crippen LogP contribution in [-0.4, -0.2) is 50.1 Å². The van der Waals surface area contributed by atoms with Gasteiger partial charge in [0.25, 0.3) is 5.91 Å². The number of ether oxygens (including phenoxy) is 2. The first-order chi connectivity index (χ1) is 12.0. The Morgan fingerprint density at radius 2 is 2.12 bits per heavy atom. The third-order valence-corrected chi connectivity index (χ3v) is 4.32. The second-order valence-corrected chi connectivity index (χ2v) is 6.48. The van der Waals surface area contributed by atoms with Gasteiger partial charge in [0.05, 0.1) is 18.6 Å². The molecule has 1 heterocycles. The van der Waals surface area contributed by atoms with Crippen molar-refractivity contribution in [2.75, 3.05) is 27.3 Å². The summed E-state index contributed by atoms with van der Waals surface area (Å²) < 4.78 is 11.2. The van der Waals surface area contributed by atoms with Crippen molar-refractivity contribution in [3.63, 3.8) is 0 Å². The Kier molecular flexibility index (Phi) is 7.25. The van der Waals surface area contributed by atoms with Crippen molar-refractivity contribution in [3.8, 4) is 5.75 Å². The number of rotatable bonds is 8. The molecule has 0 aliphatic carbocycles. The Bertz CT molecular complexity index is 583. The Hall–Kier alpha value is -2.08. The van der Waals surface area contributed by atoms with E-state index < -0.39 is 0 Å². The lowest BCUT2D eigenvalue weighted by Crippen LogP contribution is -2.31. The first-order valence-electron chi connectivity index (χ1n) is 8.84. The molecule has 138 valence electrons. The number of benzene rings is 1. The monoisotopic (exact) mass is 348 g/mol. The summed E-state index contributed by atoms with van der Waals surface area (Å²) in [4.78, 5) is 25.6. The largest absolute Gasteiger partial charge is 0.483 e. The van der Waals surface area contributed by atoms with Crippen LogP contribution in [0.5, 0.6) is 5.75 Å². The number of amides is 2. The summed E-state index contributed by atoms with van der Waals surface area (Å²) in [5, 5.41) is 3.07. The van der Waals surface area contributed by atoms with Crippen molar-refractivity contribution in [3.05, 3.63) is 29.8 Å². The summed E-state index contributed by atoms with van der Waals surface area (Å²) in [5.41, 5.74) is 0.886. The van der Waals surface area contributed by atoms with E-state index in [1.54, 1.807) is 14.1 Å². The van der Waals surface area contributed by atoms with Crippen molar-refractivity contribution in [1.82, 2.24) is 10.2 Å². The molecule has 1 fully saturated rings. The minimum atomic E-state index is -0.153. The fourth-order valence-corrected chi connectivity index (χ4v) is 2.83. The summed E-state index contributed by atoms with van der Waals surface area (Å²) in [5.74, 6) is 0.505. The van der Waals surface area contributed by atoms with Gasteiger partial charge in [0.1, 0.15) is 5.75 Å². The molecular weight excluding hydrogens is 320 g/mol. The molecule has 2 rings (SSSR count). The summed E-state index contributed by atoms with van der Waals surface area (Å²) in [6.45, 7) is 2.73. The first kappa shape index (κ1) is 19.2. The average molecular weight is 348 g/mol. The summed E-state index contributed by atoms with van der Waals surface area (Å²) in [6, 6.07) is 7.37. The zero-order valence-corrected chi connectivity index (χ0v) is 15.3. The minimum Gasteiger partial charge on any atom is -0.483 e. The minimum absolute atomic E-state index is 0.0158. The van der Waals surface area contributed by atoms with Gasteiger partial charge in [-0.2, -0.15) is 0 Å². The van der Waals surface area contributed by atoms with Crippen LogP contribution in [0.3, 0.4) is 0 Å². The van der Waals surface area contributed by atoms with Gasteiger partial charge < -0.3 is 19.7 Å². The molecule has 0 saturated carbocycles. The normalized spacial score (nSPS) is 17.8. The van der Waals surface area contributed by atoms with Crippen LogP contribution < -0.4 is 10.1 Å². The fourth-order valence-electron chi connectivity index (χ4n) is 2.83. The van der Waals surface area contributed by atoms with E-state index in [0.717, 1.165) is 31.4 Å². The Morgan fingerprint density at radius 3 is 2.76 bits per heavy atom. The summed E-state index contributed by atoms with van der Waals surface area (Å²) in [7, 11) is 3.38. The molecule has 0 radical (unpaired) electrons. The molecule has 0 spiro atoms. The number of hydrogen-bond acceptors (Lipinski definition) is 4. The molecule has 6 nitrogen and oxygen atoms in total. The van der Waals surface area contributed by atoms with Gasteiger partial charge >= 0.3 is 0 Å². The van der Waals surface area contributed by atoms with Crippen LogP contribution >= 0.6 is 0 Å². The quantitative estimate of drug-likeness (QED) is 0.783. The third kappa shape index (κ3) is 5.74. The molecule has 1 saturated heterocycles. The molecule has 2 atom stereocenters. The van der Waals surface area contributed by atoms with E-state index in [2.05, 4.69) is 5.32 Å². The number of nitrogens with one attached hydrogen (secondary N) is 1. The highest BCUT2D eigenvalue weighted by molar-refractivity contribution is 5.78. The van der Waals surface area contributed by atoms with Crippen LogP contribution in [0.4, 0.5) is 0 Å². The number of para-hydroxylation sites is 1. The van der Waals surface area contributed by atoms with Gasteiger partial charge in [-0.05, 0) is 25.3 Å². The van der Waals surface area contributed by atoms with Gasteiger partial charge in [-0.25, -0.2) is 0 Å². The van der Waals surface area contributed by atoms with Gasteiger partial charge in [0, 0.05) is 26.3 Å². The summed E-state index contributed by atoms with van der Waals surface area (Å²) in [6.07, 6.45) is 3.11. The molecule has 0 bridgehead atoms. The SMILES string of the molecule is CC[C@H](NC(=O)C[C@@H]1CCCO1)c1ccccc1OCC(=O)N(C)C. The molecular formula is C19H28N2O4. The van der Waals surface area contributed by atoms with Crippen LogP contribution in [-0.2, 0) is 14.3 Å². The van der Waals surface area contributed by atoms with Crippen molar-refractivity contribution in [2.45, 2.75) is 44.8 Å². The van der Waals surface area contributed by atoms with E-state index >= 15 is 0 Å². The van der Waals surface area contributed by atoms with Crippen LogP contribution in [0.1, 0.15) is 44.2 Å². The topological polar surface area (TPSA) is 67.9 Å². The second kappa shape index (κ2) is 9.42. The highest BCUT2D eigenvalue weighted by Crippen LogP contribution is 2.27. The molecule has 2 amide bonds. The maximum absolute atomic E-state index is 12.3. The molecule has 0 unspecified atom stereocenters. The maximum atomic E-state index is 12.3. The van der Waals surface area contributed by atoms with E-state index in [1.165, 1.54) is 4.90 Å². The highest BCUT2D eigenvalue weighted by Gasteiger charge is 2.22. The number of likely N-dealkylation sites (N-methyl/N-ethyl adjacent to an activating group) is 1. The van der Waals surface area contributed by atoms with E-state index in [-0.39, 0.29) is 30.6 Å². The lowest BCUT2D eigenvalue weighted by Gasteiger charge is -2.22. The number of carbonyl (C=O) groups excluding carboxylic acids is 2. The molecule has 6 heteroatoms. The first-order valence-corrected chi connectivity index (χ1v) is 8.84. The lowest BCUT2D eigenvalue weighted by atomic mass is 10.0. The van der Waals surface area contributed by atoms with Crippen molar-refractivity contribution < 1.29 is 19.1 Å². The smallest absolute Gasteiger partial charge is 0.259 e. The van der Waals surface area contributed by atoms with Crippen LogP contribution in [0, 0.1) is 0 Å². The van der Waals surface area contributed by atoms with Crippen LogP contribution in [0.25, 0.3) is 0 Å². The van der Waals surface area contributed by atoms with E-state index in [9.17, 15) is 9.59 Å². The third-order valence-electron chi connectivity index (χ3n) is 4.32. The molecule has 1 aliphatic heterocycles. The van der Waals surface area contributed by atoms with Crippen molar-refractivity contribution in [1.29, 1.82) is 0 Å².